The van der Waals surface area contributed by atoms with E-state index in [9.17, 15) is 0 Å². The van der Waals surface area contributed by atoms with Gasteiger partial charge in [0.05, 0.1) is 0 Å². The van der Waals surface area contributed by atoms with Crippen LogP contribution in [0.2, 0.25) is 5.54 Å². The van der Waals surface area contributed by atoms with E-state index < -0.39 is 17.5 Å². The second kappa shape index (κ2) is 5.55. The molecule has 1 unspecified atom stereocenters. The summed E-state index contributed by atoms with van der Waals surface area (Å²) in [5, 5.41) is 0. The zero-order chi connectivity index (χ0) is 11.8. The van der Waals surface area contributed by atoms with E-state index in [2.05, 4.69) is 0 Å². The molecule has 0 aromatic heterocycles. The Morgan fingerprint density at radius 2 is 1.29 bits per heavy atom. The van der Waals surface area contributed by atoms with Gasteiger partial charge in [-0.2, -0.15) is 0 Å². The molecule has 0 bridgehead atoms. The first-order valence-electron chi connectivity index (χ1n) is 3.80. The first-order valence-corrected chi connectivity index (χ1v) is 19.0. The van der Waals surface area contributed by atoms with Gasteiger partial charge in [0.25, 0.3) is 6.21 Å². The van der Waals surface area contributed by atoms with Gasteiger partial charge in [-0.1, -0.05) is 20.3 Å². The molecule has 0 heterocycles. The summed E-state index contributed by atoms with van der Waals surface area (Å²) in [6.07, 6.45) is -2.11. The molecule has 86 valence electrons. The summed E-state index contributed by atoms with van der Waals surface area (Å²) in [6, 6.07) is 0. The predicted molar refractivity (Wildman–Crippen MR) is 77.9 cm³/mol. The van der Waals surface area contributed by atoms with Crippen molar-refractivity contribution in [3.05, 3.63) is 0 Å². The first kappa shape index (κ1) is 16.7. The molecule has 10 heteroatoms. The highest BCUT2D eigenvalue weighted by Gasteiger charge is 2.68. The molecule has 0 radical (unpaired) electrons. The van der Waals surface area contributed by atoms with Crippen LogP contribution >= 0.6 is 77.6 Å². The van der Waals surface area contributed by atoms with Gasteiger partial charge in [-0.25, -0.2) is 0 Å². The molecule has 0 aliphatic heterocycles. The van der Waals surface area contributed by atoms with Crippen LogP contribution in [0.3, 0.4) is 0 Å². The van der Waals surface area contributed by atoms with Crippen LogP contribution in [0.25, 0.3) is 0 Å². The molecule has 1 atom stereocenters. The quantitative estimate of drug-likeness (QED) is 0.444. The zero-order valence-electron chi connectivity index (χ0n) is 7.43. The maximum atomic E-state index is 6.25. The Kier molecular flexibility index (Phi) is 6.61. The van der Waals surface area contributed by atoms with Gasteiger partial charge in [0.15, 0.2) is 0 Å². The fourth-order valence-corrected chi connectivity index (χ4v) is 43.3. The molecule has 0 aromatic carbocycles. The Labute approximate surface area is 120 Å². The van der Waals surface area contributed by atoms with E-state index in [1.807, 2.05) is 13.8 Å². The van der Waals surface area contributed by atoms with Crippen LogP contribution in [-0.2, 0) is 0 Å². The van der Waals surface area contributed by atoms with E-state index in [1.165, 1.54) is 0 Å². The SMILES string of the molecule is CCC(C)[Si](Cl)(Cl)[Si](Cl)(Cl)[Si](Cl)(Cl)Cl. The van der Waals surface area contributed by atoms with Crippen molar-refractivity contribution >= 4 is 95.0 Å². The summed E-state index contributed by atoms with van der Waals surface area (Å²) < 4.78 is 0. The monoisotopic (exact) mass is 386 g/mol. The maximum Gasteiger partial charge on any atom is 0.358 e. The second-order valence-electron chi connectivity index (χ2n) is 3.00. The predicted octanol–water partition coefficient (Wildman–Crippen LogP) is 5.44. The Morgan fingerprint density at radius 3 is 1.50 bits per heavy atom. The van der Waals surface area contributed by atoms with Crippen molar-refractivity contribution in [2.45, 2.75) is 25.8 Å². The van der Waals surface area contributed by atoms with Crippen LogP contribution in [0.5, 0.6) is 0 Å². The van der Waals surface area contributed by atoms with E-state index >= 15 is 0 Å². The third-order valence-electron chi connectivity index (χ3n) is 2.01. The van der Waals surface area contributed by atoms with Crippen molar-refractivity contribution in [3.8, 4) is 0 Å². The third kappa shape index (κ3) is 3.34. The van der Waals surface area contributed by atoms with Crippen molar-refractivity contribution < 1.29 is 0 Å². The van der Waals surface area contributed by atoms with Gasteiger partial charge in [-0.05, 0) is 5.54 Å². The number of rotatable bonds is 4. The van der Waals surface area contributed by atoms with Crippen LogP contribution in [0.1, 0.15) is 20.3 Å². The van der Waals surface area contributed by atoms with E-state index in [4.69, 9.17) is 77.6 Å². The van der Waals surface area contributed by atoms with Gasteiger partial charge in [0.1, 0.15) is 0 Å². The van der Waals surface area contributed by atoms with E-state index in [0.29, 0.717) is 0 Å². The topological polar surface area (TPSA) is 0 Å². The van der Waals surface area contributed by atoms with E-state index in [-0.39, 0.29) is 5.54 Å². The molecule has 0 rings (SSSR count). The highest BCUT2D eigenvalue weighted by Crippen LogP contribution is 2.51. The summed E-state index contributed by atoms with van der Waals surface area (Å²) in [7, 11) is 0. The molecule has 0 aromatic rings. The summed E-state index contributed by atoms with van der Waals surface area (Å²) in [5.74, 6) is 0. The number of halogens is 7. The van der Waals surface area contributed by atoms with Crippen molar-refractivity contribution in [2.75, 3.05) is 0 Å². The Balaban J connectivity index is 5.07. The summed E-state index contributed by atoms with van der Waals surface area (Å²) in [5.41, 5.74) is -6.36. The minimum atomic E-state index is -3.22. The van der Waals surface area contributed by atoms with Crippen LogP contribution in [-0.4, -0.2) is 17.5 Å². The molecule has 0 saturated heterocycles. The van der Waals surface area contributed by atoms with E-state index in [1.54, 1.807) is 0 Å². The molecule has 0 spiro atoms. The number of hydrogen-bond donors (Lipinski definition) is 0. The van der Waals surface area contributed by atoms with Gasteiger partial charge >= 0.3 is 11.2 Å². The van der Waals surface area contributed by atoms with E-state index in [0.717, 1.165) is 6.42 Å². The fraction of sp³-hybridized carbons (Fsp3) is 1.00. The van der Waals surface area contributed by atoms with Crippen LogP contribution < -0.4 is 0 Å². The Bertz CT molecular complexity index is 200. The van der Waals surface area contributed by atoms with Gasteiger partial charge in [-0.15, -0.1) is 77.6 Å². The normalized spacial score (nSPS) is 16.9. The largest absolute Gasteiger partial charge is 0.358 e. The standard InChI is InChI=1S/C4H9Cl7Si3/c1-3-4(2)12(5,6)14(10,11)13(7,8)9/h4H,3H2,1-2H3. The van der Waals surface area contributed by atoms with Crippen molar-refractivity contribution in [1.82, 2.24) is 0 Å². The summed E-state index contributed by atoms with van der Waals surface area (Å²) in [6.45, 7) is 3.85. The minimum Gasteiger partial charge on any atom is -0.146 e. The summed E-state index contributed by atoms with van der Waals surface area (Å²) in [4.78, 5) is 0. The average molecular weight is 390 g/mol. The molecule has 0 saturated carbocycles. The van der Waals surface area contributed by atoms with Crippen LogP contribution in [0, 0.1) is 0 Å². The van der Waals surface area contributed by atoms with Gasteiger partial charge in [0.2, 0.25) is 0 Å². The molecular formula is C4H9Cl7Si3. The van der Waals surface area contributed by atoms with Crippen molar-refractivity contribution in [1.29, 1.82) is 0 Å². The first-order chi connectivity index (χ1) is 5.98. The summed E-state index contributed by atoms with van der Waals surface area (Å²) >= 11 is 42.3. The number of hydrogen-bond acceptors (Lipinski definition) is 0. The lowest BCUT2D eigenvalue weighted by molar-refractivity contribution is 0.869. The Hall–Kier alpha value is 2.68. The lowest BCUT2D eigenvalue weighted by atomic mass is 10.4. The molecule has 0 aliphatic rings. The van der Waals surface area contributed by atoms with Crippen LogP contribution in [0.15, 0.2) is 0 Å². The van der Waals surface area contributed by atoms with Gasteiger partial charge < -0.3 is 0 Å². The van der Waals surface area contributed by atoms with Crippen molar-refractivity contribution in [2.24, 2.45) is 0 Å². The third-order valence-corrected chi connectivity index (χ3v) is 59.5. The smallest absolute Gasteiger partial charge is 0.146 e. The molecule has 0 amide bonds. The highest BCUT2D eigenvalue weighted by atomic mass is 35.9. The molecule has 0 aliphatic carbocycles. The van der Waals surface area contributed by atoms with Crippen LogP contribution in [0.4, 0.5) is 0 Å². The molecule has 0 fully saturated rings. The molecule has 0 nitrogen and oxygen atoms in total. The van der Waals surface area contributed by atoms with Crippen molar-refractivity contribution in [3.63, 3.8) is 0 Å². The highest BCUT2D eigenvalue weighted by molar-refractivity contribution is 8.20. The average Bonchev–Trinajstić information content (AvgIpc) is 2.00. The molecular weight excluding hydrogens is 380 g/mol. The maximum absolute atomic E-state index is 6.25. The minimum absolute atomic E-state index is 0.0237. The fourth-order valence-electron chi connectivity index (χ4n) is 0.755. The molecule has 14 heavy (non-hydrogen) atoms. The second-order valence-corrected chi connectivity index (χ2v) is 41.5. The molecule has 0 N–H and O–H groups in total. The van der Waals surface area contributed by atoms with Gasteiger partial charge in [-0.3, -0.25) is 0 Å². The lowest BCUT2D eigenvalue weighted by Gasteiger charge is -2.35. The van der Waals surface area contributed by atoms with Gasteiger partial charge in [0, 0.05) is 0 Å². The Morgan fingerprint density at radius 1 is 0.929 bits per heavy atom. The lowest BCUT2D eigenvalue weighted by Crippen LogP contribution is -2.61. The zero-order valence-corrected chi connectivity index (χ0v) is 15.7.